The second-order valence-corrected chi connectivity index (χ2v) is 4.46. The fourth-order valence-corrected chi connectivity index (χ4v) is 1.86. The molecule has 6 heteroatoms. The van der Waals surface area contributed by atoms with E-state index < -0.39 is 5.97 Å². The van der Waals surface area contributed by atoms with Gasteiger partial charge in [0.1, 0.15) is 0 Å². The van der Waals surface area contributed by atoms with Crippen LogP contribution in [0.25, 0.3) is 0 Å². The lowest BCUT2D eigenvalue weighted by Gasteiger charge is -2.05. The van der Waals surface area contributed by atoms with Gasteiger partial charge in [-0.2, -0.15) is 5.10 Å². The molecule has 0 atom stereocenters. The lowest BCUT2D eigenvalue weighted by molar-refractivity contribution is 0.0600. The fraction of sp³-hybridized carbons (Fsp3) is 0.267. The number of benzene rings is 1. The largest absolute Gasteiger partial charge is 0.465 e. The van der Waals surface area contributed by atoms with E-state index in [0.29, 0.717) is 24.2 Å². The maximum Gasteiger partial charge on any atom is 0.337 e. The summed E-state index contributed by atoms with van der Waals surface area (Å²) in [5, 5.41) is 6.85. The van der Waals surface area contributed by atoms with Crippen LogP contribution in [0.1, 0.15) is 33.2 Å². The normalized spacial score (nSPS) is 10.2. The highest BCUT2D eigenvalue weighted by Crippen LogP contribution is 2.07. The number of aromatic nitrogens is 2. The molecule has 0 radical (unpaired) electrons. The van der Waals surface area contributed by atoms with Gasteiger partial charge in [0, 0.05) is 19.3 Å². The van der Waals surface area contributed by atoms with Crippen molar-refractivity contribution in [2.24, 2.45) is 0 Å². The number of aryl methyl sites for hydroxylation is 1. The van der Waals surface area contributed by atoms with E-state index in [1.165, 1.54) is 13.3 Å². The lowest BCUT2D eigenvalue weighted by Crippen LogP contribution is -2.22. The van der Waals surface area contributed by atoms with Crippen LogP contribution in [0.5, 0.6) is 0 Å². The number of nitrogens with zero attached hydrogens (tertiary/aromatic N) is 2. The summed E-state index contributed by atoms with van der Waals surface area (Å²) >= 11 is 0. The zero-order valence-corrected chi connectivity index (χ0v) is 12.0. The summed E-state index contributed by atoms with van der Waals surface area (Å²) in [6, 6.07) is 6.95. The first kappa shape index (κ1) is 14.8. The third-order valence-electron chi connectivity index (χ3n) is 3.02. The molecule has 0 unspecified atom stereocenters. The number of carbonyl (C=O) groups excluding carboxylic acids is 2. The first-order chi connectivity index (χ1) is 10.1. The van der Waals surface area contributed by atoms with Crippen molar-refractivity contribution in [3.63, 3.8) is 0 Å². The van der Waals surface area contributed by atoms with Crippen molar-refractivity contribution >= 4 is 11.9 Å². The standard InChI is InChI=1S/C15H17N3O3/c1-3-18-10-13(9-17-18)14(19)16-8-11-5-4-6-12(7-11)15(20)21-2/h4-7,9-10H,3,8H2,1-2H3,(H,16,19). The van der Waals surface area contributed by atoms with E-state index in [0.717, 1.165) is 5.56 Å². The number of methoxy groups -OCH3 is 1. The number of hydrogen-bond donors (Lipinski definition) is 1. The third-order valence-corrected chi connectivity index (χ3v) is 3.02. The van der Waals surface area contributed by atoms with E-state index in [-0.39, 0.29) is 5.91 Å². The van der Waals surface area contributed by atoms with Crippen molar-refractivity contribution in [3.05, 3.63) is 53.3 Å². The molecule has 0 saturated carbocycles. The Labute approximate surface area is 122 Å². The van der Waals surface area contributed by atoms with Crippen LogP contribution in [0.2, 0.25) is 0 Å². The molecule has 0 aliphatic rings. The average Bonchev–Trinajstić information content (AvgIpc) is 3.01. The first-order valence-corrected chi connectivity index (χ1v) is 6.62. The third kappa shape index (κ3) is 3.68. The fourth-order valence-electron chi connectivity index (χ4n) is 1.86. The predicted molar refractivity (Wildman–Crippen MR) is 76.9 cm³/mol. The number of amides is 1. The molecule has 0 fully saturated rings. The molecule has 0 bridgehead atoms. The minimum absolute atomic E-state index is 0.196. The van der Waals surface area contributed by atoms with Gasteiger partial charge in [0.2, 0.25) is 0 Å². The zero-order valence-electron chi connectivity index (χ0n) is 12.0. The SMILES string of the molecule is CCn1cc(C(=O)NCc2cccc(C(=O)OC)c2)cn1. The quantitative estimate of drug-likeness (QED) is 0.848. The van der Waals surface area contributed by atoms with Gasteiger partial charge in [-0.3, -0.25) is 9.48 Å². The van der Waals surface area contributed by atoms with Crippen molar-refractivity contribution in [1.82, 2.24) is 15.1 Å². The second kappa shape index (κ2) is 6.69. The molecule has 0 aliphatic heterocycles. The van der Waals surface area contributed by atoms with E-state index in [9.17, 15) is 9.59 Å². The summed E-state index contributed by atoms with van der Waals surface area (Å²) in [7, 11) is 1.34. The molecule has 0 aliphatic carbocycles. The number of nitrogens with one attached hydrogen (secondary N) is 1. The Morgan fingerprint density at radius 2 is 2.14 bits per heavy atom. The smallest absolute Gasteiger partial charge is 0.337 e. The summed E-state index contributed by atoms with van der Waals surface area (Å²) in [5.74, 6) is -0.592. The molecule has 2 aromatic rings. The van der Waals surface area contributed by atoms with Crippen LogP contribution in [0.3, 0.4) is 0 Å². The van der Waals surface area contributed by atoms with Gasteiger partial charge >= 0.3 is 5.97 Å². The van der Waals surface area contributed by atoms with Gasteiger partial charge in [0.05, 0.1) is 24.4 Å². The molecule has 1 N–H and O–H groups in total. The molecular formula is C15H17N3O3. The van der Waals surface area contributed by atoms with Crippen LogP contribution in [0.15, 0.2) is 36.7 Å². The molecule has 6 nitrogen and oxygen atoms in total. The lowest BCUT2D eigenvalue weighted by atomic mass is 10.1. The zero-order chi connectivity index (χ0) is 15.2. The summed E-state index contributed by atoms with van der Waals surface area (Å²) in [6.07, 6.45) is 3.23. The molecule has 21 heavy (non-hydrogen) atoms. The number of ether oxygens (including phenoxy) is 1. The molecule has 1 aromatic carbocycles. The Hall–Kier alpha value is -2.63. The van der Waals surface area contributed by atoms with E-state index >= 15 is 0 Å². The summed E-state index contributed by atoms with van der Waals surface area (Å²) < 4.78 is 6.35. The van der Waals surface area contributed by atoms with E-state index in [1.807, 2.05) is 13.0 Å². The van der Waals surface area contributed by atoms with Crippen LogP contribution in [0, 0.1) is 0 Å². The maximum absolute atomic E-state index is 12.0. The van der Waals surface area contributed by atoms with Crippen molar-refractivity contribution in [3.8, 4) is 0 Å². The Balaban J connectivity index is 1.99. The molecule has 0 saturated heterocycles. The van der Waals surface area contributed by atoms with Gasteiger partial charge in [-0.25, -0.2) is 4.79 Å². The van der Waals surface area contributed by atoms with Crippen molar-refractivity contribution in [1.29, 1.82) is 0 Å². The van der Waals surface area contributed by atoms with E-state index in [2.05, 4.69) is 15.2 Å². The number of esters is 1. The minimum atomic E-state index is -0.396. The summed E-state index contributed by atoms with van der Waals surface area (Å²) in [5.41, 5.74) is 1.80. The average molecular weight is 287 g/mol. The summed E-state index contributed by atoms with van der Waals surface area (Å²) in [6.45, 7) is 3.00. The monoisotopic (exact) mass is 287 g/mol. The van der Waals surface area contributed by atoms with Crippen molar-refractivity contribution in [2.75, 3.05) is 7.11 Å². The van der Waals surface area contributed by atoms with Gasteiger partial charge in [-0.05, 0) is 24.6 Å². The molecular weight excluding hydrogens is 270 g/mol. The molecule has 1 heterocycles. The van der Waals surface area contributed by atoms with E-state index in [1.54, 1.807) is 29.1 Å². The first-order valence-electron chi connectivity index (χ1n) is 6.62. The highest BCUT2D eigenvalue weighted by Gasteiger charge is 2.09. The minimum Gasteiger partial charge on any atom is -0.465 e. The van der Waals surface area contributed by atoms with Crippen LogP contribution < -0.4 is 5.32 Å². The predicted octanol–water partition coefficient (Wildman–Crippen LogP) is 1.62. The van der Waals surface area contributed by atoms with Gasteiger partial charge in [-0.15, -0.1) is 0 Å². The summed E-state index contributed by atoms with van der Waals surface area (Å²) in [4.78, 5) is 23.4. The highest BCUT2D eigenvalue weighted by molar-refractivity contribution is 5.93. The van der Waals surface area contributed by atoms with Crippen molar-refractivity contribution in [2.45, 2.75) is 20.0 Å². The number of hydrogen-bond acceptors (Lipinski definition) is 4. The topological polar surface area (TPSA) is 73.2 Å². The second-order valence-electron chi connectivity index (χ2n) is 4.46. The molecule has 2 rings (SSSR count). The molecule has 110 valence electrons. The Bertz CT molecular complexity index is 649. The van der Waals surface area contributed by atoms with Gasteiger partial charge in [0.25, 0.3) is 5.91 Å². The number of carbonyl (C=O) groups is 2. The Morgan fingerprint density at radius 3 is 2.81 bits per heavy atom. The Morgan fingerprint density at radius 1 is 1.33 bits per heavy atom. The van der Waals surface area contributed by atoms with Gasteiger partial charge < -0.3 is 10.1 Å². The van der Waals surface area contributed by atoms with Gasteiger partial charge in [0.15, 0.2) is 0 Å². The van der Waals surface area contributed by atoms with Crippen LogP contribution in [-0.2, 0) is 17.8 Å². The highest BCUT2D eigenvalue weighted by atomic mass is 16.5. The maximum atomic E-state index is 12.0. The van der Waals surface area contributed by atoms with Gasteiger partial charge in [-0.1, -0.05) is 12.1 Å². The van der Waals surface area contributed by atoms with E-state index in [4.69, 9.17) is 0 Å². The molecule has 1 amide bonds. The van der Waals surface area contributed by atoms with Crippen molar-refractivity contribution < 1.29 is 14.3 Å². The van der Waals surface area contributed by atoms with Crippen LogP contribution in [-0.4, -0.2) is 28.8 Å². The van der Waals surface area contributed by atoms with Crippen LogP contribution in [0.4, 0.5) is 0 Å². The molecule has 0 spiro atoms. The Kier molecular flexibility index (Phi) is 4.71. The van der Waals surface area contributed by atoms with Crippen LogP contribution >= 0.6 is 0 Å². The number of rotatable bonds is 5. The molecule has 1 aromatic heterocycles.